The fourth-order valence-corrected chi connectivity index (χ4v) is 4.05. The van der Waals surface area contributed by atoms with Crippen LogP contribution in [0, 0.1) is 10.7 Å². The first-order valence-corrected chi connectivity index (χ1v) is 10.0. The van der Waals surface area contributed by atoms with E-state index in [0.29, 0.717) is 21.3 Å². The van der Waals surface area contributed by atoms with Crippen LogP contribution in [0.5, 0.6) is 11.5 Å². The predicted molar refractivity (Wildman–Crippen MR) is 110 cm³/mol. The van der Waals surface area contributed by atoms with Gasteiger partial charge in [-0.25, -0.2) is 0 Å². The van der Waals surface area contributed by atoms with Crippen molar-refractivity contribution in [2.24, 2.45) is 11.0 Å². The van der Waals surface area contributed by atoms with E-state index in [1.54, 1.807) is 31.2 Å². The van der Waals surface area contributed by atoms with Crippen molar-refractivity contribution >= 4 is 30.0 Å². The molecule has 1 aromatic carbocycles. The number of nitrogens with one attached hydrogen (secondary N) is 1. The largest absolute Gasteiger partial charge is 0.493 e. The third-order valence-electron chi connectivity index (χ3n) is 5.00. The van der Waals surface area contributed by atoms with Crippen molar-refractivity contribution in [1.82, 2.24) is 14.9 Å². The van der Waals surface area contributed by atoms with Crippen LogP contribution in [0.15, 0.2) is 17.2 Å². The summed E-state index contributed by atoms with van der Waals surface area (Å²) in [6.07, 6.45) is 10.4. The normalized spacial score (nSPS) is 15.4. The molecule has 0 atom stereocenters. The summed E-state index contributed by atoms with van der Waals surface area (Å²) in [6.45, 7) is 0. The highest BCUT2D eigenvalue weighted by molar-refractivity contribution is 7.71. The Bertz CT molecular complexity index is 856. The quantitative estimate of drug-likeness (QED) is 0.516. The number of nitrogens with zero attached hydrogens (tertiary/aromatic N) is 3. The highest BCUT2D eigenvalue weighted by atomic mass is 35.5. The van der Waals surface area contributed by atoms with Gasteiger partial charge in [-0.15, -0.1) is 0 Å². The third kappa shape index (κ3) is 4.90. The summed E-state index contributed by atoms with van der Waals surface area (Å²) in [5.74, 6) is 2.70. The molecule has 8 heteroatoms. The zero-order valence-corrected chi connectivity index (χ0v) is 17.3. The first kappa shape index (κ1) is 19.9. The van der Waals surface area contributed by atoms with Crippen LogP contribution in [0.3, 0.4) is 0 Å². The molecule has 1 aromatic heterocycles. The van der Waals surface area contributed by atoms with Crippen LogP contribution >= 0.6 is 23.8 Å². The smallest absolute Gasteiger partial charge is 0.216 e. The first-order valence-electron chi connectivity index (χ1n) is 9.24. The van der Waals surface area contributed by atoms with Crippen molar-refractivity contribution in [2.45, 2.75) is 44.9 Å². The van der Waals surface area contributed by atoms with E-state index in [1.165, 1.54) is 32.1 Å². The van der Waals surface area contributed by atoms with Gasteiger partial charge in [0.2, 0.25) is 4.77 Å². The van der Waals surface area contributed by atoms with Gasteiger partial charge in [0.1, 0.15) is 0 Å². The number of ether oxygens (including phenoxy) is 2. The summed E-state index contributed by atoms with van der Waals surface area (Å²) in [5.41, 5.74) is 0.791. The van der Waals surface area contributed by atoms with Gasteiger partial charge in [-0.3, -0.25) is 5.10 Å². The maximum Gasteiger partial charge on any atom is 0.216 e. The first-order chi connectivity index (χ1) is 13.1. The molecule has 1 aliphatic carbocycles. The molecule has 0 aliphatic heterocycles. The van der Waals surface area contributed by atoms with E-state index in [1.807, 2.05) is 6.07 Å². The van der Waals surface area contributed by atoms with Gasteiger partial charge in [0.05, 0.1) is 25.5 Å². The minimum Gasteiger partial charge on any atom is -0.493 e. The van der Waals surface area contributed by atoms with Crippen LogP contribution in [0.1, 0.15) is 49.9 Å². The van der Waals surface area contributed by atoms with Crippen LogP contribution in [0.25, 0.3) is 0 Å². The molecule has 0 unspecified atom stereocenters. The number of aryl methyl sites for hydroxylation is 1. The highest BCUT2D eigenvalue weighted by Gasteiger charge is 2.15. The topological polar surface area (TPSA) is 64.4 Å². The average molecular weight is 409 g/mol. The van der Waals surface area contributed by atoms with Crippen molar-refractivity contribution in [2.75, 3.05) is 14.2 Å². The molecule has 1 heterocycles. The predicted octanol–water partition coefficient (Wildman–Crippen LogP) is 5.01. The van der Waals surface area contributed by atoms with Gasteiger partial charge in [-0.1, -0.05) is 43.7 Å². The van der Waals surface area contributed by atoms with Gasteiger partial charge in [-0.05, 0) is 42.3 Å². The zero-order valence-electron chi connectivity index (χ0n) is 15.7. The summed E-state index contributed by atoms with van der Waals surface area (Å²) in [7, 11) is 3.13. The van der Waals surface area contributed by atoms with Crippen LogP contribution in [0.2, 0.25) is 5.02 Å². The molecule has 1 saturated carbocycles. The molecule has 0 spiro atoms. The van der Waals surface area contributed by atoms with E-state index >= 15 is 0 Å². The Morgan fingerprint density at radius 3 is 2.78 bits per heavy atom. The second kappa shape index (κ2) is 9.37. The summed E-state index contributed by atoms with van der Waals surface area (Å²) >= 11 is 11.6. The molecule has 0 radical (unpaired) electrons. The number of aromatic amines is 1. The van der Waals surface area contributed by atoms with Gasteiger partial charge in [-0.2, -0.15) is 14.9 Å². The lowest BCUT2D eigenvalue weighted by Gasteiger charge is -2.20. The van der Waals surface area contributed by atoms with Crippen LogP contribution < -0.4 is 9.47 Å². The summed E-state index contributed by atoms with van der Waals surface area (Å²) in [5, 5.41) is 12.2. The highest BCUT2D eigenvalue weighted by Crippen LogP contribution is 2.35. The Morgan fingerprint density at radius 2 is 2.07 bits per heavy atom. The number of aromatic nitrogens is 3. The minimum absolute atomic E-state index is 0.464. The maximum atomic E-state index is 6.26. The van der Waals surface area contributed by atoms with E-state index in [9.17, 15) is 0 Å². The molecule has 0 amide bonds. The monoisotopic (exact) mass is 408 g/mol. The summed E-state index contributed by atoms with van der Waals surface area (Å²) < 4.78 is 12.8. The number of hydrogen-bond acceptors (Lipinski definition) is 5. The fraction of sp³-hybridized carbons (Fsp3) is 0.526. The number of hydrogen-bond donors (Lipinski definition) is 1. The van der Waals surface area contributed by atoms with Crippen LogP contribution in [0.4, 0.5) is 0 Å². The standard InChI is InChI=1S/C19H25ClN4O2S/c1-25-16-11-14(10-15(20)18(16)26-2)12-21-24-17(22-23-19(24)27)9-8-13-6-4-3-5-7-13/h10-13H,3-9H2,1-2H3,(H,23,27)/b21-12-. The number of benzene rings is 1. The second-order valence-corrected chi connectivity index (χ2v) is 7.58. The molecule has 1 fully saturated rings. The molecule has 146 valence electrons. The zero-order chi connectivity index (χ0) is 19.2. The molecular formula is C19H25ClN4O2S. The average Bonchev–Trinajstić information content (AvgIpc) is 3.04. The maximum absolute atomic E-state index is 6.26. The van der Waals surface area contributed by atoms with Gasteiger partial charge in [0.25, 0.3) is 0 Å². The van der Waals surface area contributed by atoms with Crippen molar-refractivity contribution in [3.63, 3.8) is 0 Å². The Hall–Kier alpha value is -1.86. The third-order valence-corrected chi connectivity index (χ3v) is 5.54. The molecule has 2 aromatic rings. The Morgan fingerprint density at radius 1 is 1.30 bits per heavy atom. The Labute approximate surface area is 169 Å². The second-order valence-electron chi connectivity index (χ2n) is 6.78. The lowest BCUT2D eigenvalue weighted by molar-refractivity contribution is 0.336. The summed E-state index contributed by atoms with van der Waals surface area (Å²) in [6, 6.07) is 3.59. The van der Waals surface area contributed by atoms with E-state index < -0.39 is 0 Å². The SMILES string of the molecule is COc1cc(/C=N\n2c(CCC3CCCCC3)n[nH]c2=S)cc(Cl)c1OC. The van der Waals surface area contributed by atoms with Crippen molar-refractivity contribution in [1.29, 1.82) is 0 Å². The molecule has 0 bridgehead atoms. The van der Waals surface area contributed by atoms with E-state index in [2.05, 4.69) is 15.3 Å². The number of rotatable bonds is 7. The van der Waals surface area contributed by atoms with E-state index in [-0.39, 0.29) is 0 Å². The van der Waals surface area contributed by atoms with Gasteiger partial charge in [0, 0.05) is 6.42 Å². The molecular weight excluding hydrogens is 384 g/mol. The Kier molecular flexibility index (Phi) is 6.90. The number of H-pyrrole nitrogens is 1. The number of methoxy groups -OCH3 is 2. The van der Waals surface area contributed by atoms with Crippen LogP contribution in [-0.2, 0) is 6.42 Å². The Balaban J connectivity index is 1.76. The number of halogens is 1. The molecule has 3 rings (SSSR count). The molecule has 6 nitrogen and oxygen atoms in total. The van der Waals surface area contributed by atoms with Gasteiger partial charge < -0.3 is 9.47 Å². The lowest BCUT2D eigenvalue weighted by atomic mass is 9.86. The lowest BCUT2D eigenvalue weighted by Crippen LogP contribution is -2.09. The fourth-order valence-electron chi connectivity index (χ4n) is 3.55. The van der Waals surface area contributed by atoms with Crippen molar-refractivity contribution in [3.05, 3.63) is 33.3 Å². The van der Waals surface area contributed by atoms with E-state index in [4.69, 9.17) is 33.3 Å². The van der Waals surface area contributed by atoms with Crippen molar-refractivity contribution in [3.8, 4) is 11.5 Å². The van der Waals surface area contributed by atoms with Crippen LogP contribution in [-0.4, -0.2) is 35.3 Å². The molecule has 0 saturated heterocycles. The van der Waals surface area contributed by atoms with E-state index in [0.717, 1.165) is 30.1 Å². The molecule has 1 aliphatic rings. The van der Waals surface area contributed by atoms with Crippen molar-refractivity contribution < 1.29 is 9.47 Å². The summed E-state index contributed by atoms with van der Waals surface area (Å²) in [4.78, 5) is 0. The molecule has 1 N–H and O–H groups in total. The molecule has 27 heavy (non-hydrogen) atoms. The van der Waals surface area contributed by atoms with Gasteiger partial charge >= 0.3 is 0 Å². The minimum atomic E-state index is 0.464. The van der Waals surface area contributed by atoms with Gasteiger partial charge in [0.15, 0.2) is 17.3 Å².